The third kappa shape index (κ3) is 4.60. The molecule has 4 rings (SSSR count). The quantitative estimate of drug-likeness (QED) is 0.569. The highest BCUT2D eigenvalue weighted by Crippen LogP contribution is 2.29. The maximum absolute atomic E-state index is 12.1. The van der Waals surface area contributed by atoms with Crippen molar-refractivity contribution >= 4 is 22.7 Å². The zero-order valence-corrected chi connectivity index (χ0v) is 17.0. The summed E-state index contributed by atoms with van der Waals surface area (Å²) in [5.74, 6) is 0. The van der Waals surface area contributed by atoms with Crippen LogP contribution in [0.2, 0.25) is 0 Å². The van der Waals surface area contributed by atoms with Gasteiger partial charge in [-0.2, -0.15) is 0 Å². The third-order valence-electron chi connectivity index (χ3n) is 5.75. The van der Waals surface area contributed by atoms with Gasteiger partial charge in [-0.3, -0.25) is 4.90 Å². The summed E-state index contributed by atoms with van der Waals surface area (Å²) in [6.07, 6.45) is 6.64. The van der Waals surface area contributed by atoms with E-state index < -0.39 is 0 Å². The van der Waals surface area contributed by atoms with Gasteiger partial charge in [-0.1, -0.05) is 54.6 Å². The Balaban J connectivity index is 1.42. The summed E-state index contributed by atoms with van der Waals surface area (Å²) in [4.78, 5) is 17.0. The predicted octanol–water partition coefficient (Wildman–Crippen LogP) is 4.80. The molecule has 4 heteroatoms. The summed E-state index contributed by atoms with van der Waals surface area (Å²) in [5, 5.41) is 1.02. The number of piperidine rings is 1. The smallest absolute Gasteiger partial charge is 0.338 e. The van der Waals surface area contributed by atoms with Crippen LogP contribution in [0.25, 0.3) is 17.0 Å². The van der Waals surface area contributed by atoms with Gasteiger partial charge in [0.15, 0.2) is 0 Å². The van der Waals surface area contributed by atoms with E-state index in [1.165, 1.54) is 5.56 Å². The second-order valence-electron chi connectivity index (χ2n) is 7.58. The van der Waals surface area contributed by atoms with Crippen LogP contribution in [0.1, 0.15) is 25.3 Å². The Kier molecular flexibility index (Phi) is 6.11. The van der Waals surface area contributed by atoms with Crippen molar-refractivity contribution in [2.24, 2.45) is 0 Å². The molecule has 0 atom stereocenters. The van der Waals surface area contributed by atoms with E-state index in [1.54, 1.807) is 6.07 Å². The van der Waals surface area contributed by atoms with Crippen molar-refractivity contribution in [3.63, 3.8) is 0 Å². The Hall–Kier alpha value is -2.85. The fraction of sp³-hybridized carbons (Fsp3) is 0.320. The molecule has 150 valence electrons. The molecule has 0 saturated carbocycles. The minimum absolute atomic E-state index is 0.277. The molecule has 1 fully saturated rings. The predicted molar refractivity (Wildman–Crippen MR) is 120 cm³/mol. The molecule has 0 amide bonds. The van der Waals surface area contributed by atoms with Crippen molar-refractivity contribution in [2.45, 2.75) is 25.8 Å². The minimum atomic E-state index is -0.277. The summed E-state index contributed by atoms with van der Waals surface area (Å²) < 4.78 is 5.38. The van der Waals surface area contributed by atoms with E-state index >= 15 is 0 Å². The average molecular weight is 389 g/mol. The molecule has 29 heavy (non-hydrogen) atoms. The molecule has 1 aliphatic rings. The van der Waals surface area contributed by atoms with Gasteiger partial charge in [0.1, 0.15) is 5.58 Å². The molecular weight excluding hydrogens is 360 g/mol. The topological polar surface area (TPSA) is 36.7 Å². The minimum Gasteiger partial charge on any atom is -0.423 e. The zero-order valence-electron chi connectivity index (χ0n) is 17.0. The summed E-state index contributed by atoms with van der Waals surface area (Å²) >= 11 is 0. The van der Waals surface area contributed by atoms with Crippen molar-refractivity contribution in [1.29, 1.82) is 0 Å². The molecule has 0 aliphatic carbocycles. The van der Waals surface area contributed by atoms with E-state index in [9.17, 15) is 4.79 Å². The lowest BCUT2D eigenvalue weighted by Crippen LogP contribution is -2.45. The summed E-state index contributed by atoms with van der Waals surface area (Å²) in [6.45, 7) is 6.16. The number of likely N-dealkylation sites (tertiary alicyclic amines) is 1. The molecule has 2 heterocycles. The highest BCUT2D eigenvalue weighted by Gasteiger charge is 2.25. The van der Waals surface area contributed by atoms with Crippen LogP contribution < -0.4 is 10.5 Å². The molecule has 0 bridgehead atoms. The van der Waals surface area contributed by atoms with E-state index in [1.807, 2.05) is 30.3 Å². The highest BCUT2D eigenvalue weighted by atomic mass is 16.4. The van der Waals surface area contributed by atoms with Crippen LogP contribution in [-0.2, 0) is 0 Å². The van der Waals surface area contributed by atoms with Gasteiger partial charge in [-0.15, -0.1) is 0 Å². The number of rotatable bonds is 6. The van der Waals surface area contributed by atoms with Crippen molar-refractivity contribution in [1.82, 2.24) is 4.90 Å². The molecule has 1 aliphatic heterocycles. The van der Waals surface area contributed by atoms with Crippen LogP contribution in [-0.4, -0.2) is 37.1 Å². The molecule has 0 spiro atoms. The fourth-order valence-corrected chi connectivity index (χ4v) is 4.27. The van der Waals surface area contributed by atoms with Crippen molar-refractivity contribution in [2.75, 3.05) is 31.1 Å². The number of para-hydroxylation sites is 1. The third-order valence-corrected chi connectivity index (χ3v) is 5.75. The van der Waals surface area contributed by atoms with Crippen LogP contribution in [0.4, 0.5) is 5.69 Å². The van der Waals surface area contributed by atoms with Gasteiger partial charge in [0.25, 0.3) is 0 Å². The number of fused-ring (bicyclic) bond motifs is 1. The first kappa shape index (κ1) is 19.5. The SMILES string of the molecule is CCN(c1cc(=O)oc2ccccc12)C1CCN(CC=Cc2ccccc2)CC1. The lowest BCUT2D eigenvalue weighted by molar-refractivity contribution is 0.229. The number of nitrogens with zero attached hydrogens (tertiary/aromatic N) is 2. The standard InChI is InChI=1S/C25H28N2O2/c1-2-27(23-19-25(28)29-24-13-7-6-12-22(23)24)21-14-17-26(18-15-21)16-8-11-20-9-4-3-5-10-20/h3-13,19,21H,2,14-18H2,1H3. The largest absolute Gasteiger partial charge is 0.423 e. The van der Waals surface area contributed by atoms with Crippen LogP contribution in [0.15, 0.2) is 76.0 Å². The van der Waals surface area contributed by atoms with Crippen molar-refractivity contribution in [3.8, 4) is 0 Å². The van der Waals surface area contributed by atoms with Gasteiger partial charge < -0.3 is 9.32 Å². The molecular formula is C25H28N2O2. The highest BCUT2D eigenvalue weighted by molar-refractivity contribution is 5.90. The maximum Gasteiger partial charge on any atom is 0.338 e. The van der Waals surface area contributed by atoms with Crippen molar-refractivity contribution < 1.29 is 4.42 Å². The molecule has 1 aromatic heterocycles. The summed E-state index contributed by atoms with van der Waals surface area (Å²) in [5.41, 5.74) is 2.63. The maximum atomic E-state index is 12.1. The number of hydrogen-bond acceptors (Lipinski definition) is 4. The van der Waals surface area contributed by atoms with Gasteiger partial charge in [0.05, 0.1) is 5.69 Å². The Morgan fingerprint density at radius 1 is 1.07 bits per heavy atom. The van der Waals surface area contributed by atoms with Gasteiger partial charge in [-0.05, 0) is 37.5 Å². The Labute approximate surface area is 172 Å². The molecule has 3 aromatic rings. The number of hydrogen-bond donors (Lipinski definition) is 0. The van der Waals surface area contributed by atoms with E-state index in [-0.39, 0.29) is 5.63 Å². The van der Waals surface area contributed by atoms with Gasteiger partial charge in [-0.25, -0.2) is 4.79 Å². The summed E-state index contributed by atoms with van der Waals surface area (Å²) in [6, 6.07) is 20.4. The van der Waals surface area contributed by atoms with Crippen molar-refractivity contribution in [3.05, 3.63) is 82.7 Å². The van der Waals surface area contributed by atoms with Gasteiger partial charge >= 0.3 is 5.63 Å². The first-order chi connectivity index (χ1) is 14.2. The Morgan fingerprint density at radius 3 is 2.55 bits per heavy atom. The Morgan fingerprint density at radius 2 is 1.79 bits per heavy atom. The number of benzene rings is 2. The molecule has 0 unspecified atom stereocenters. The van der Waals surface area contributed by atoms with Crippen LogP contribution in [0.3, 0.4) is 0 Å². The first-order valence-corrected chi connectivity index (χ1v) is 10.5. The lowest BCUT2D eigenvalue weighted by Gasteiger charge is -2.39. The van der Waals surface area contributed by atoms with Gasteiger partial charge in [0, 0.05) is 43.7 Å². The van der Waals surface area contributed by atoms with Crippen LogP contribution in [0, 0.1) is 0 Å². The van der Waals surface area contributed by atoms with Crippen LogP contribution >= 0.6 is 0 Å². The average Bonchev–Trinajstić information content (AvgIpc) is 2.76. The molecule has 2 aromatic carbocycles. The fourth-order valence-electron chi connectivity index (χ4n) is 4.27. The monoisotopic (exact) mass is 388 g/mol. The second-order valence-corrected chi connectivity index (χ2v) is 7.58. The van der Waals surface area contributed by atoms with Gasteiger partial charge in [0.2, 0.25) is 0 Å². The molecule has 1 saturated heterocycles. The van der Waals surface area contributed by atoms with E-state index in [0.29, 0.717) is 11.6 Å². The normalized spacial score (nSPS) is 15.9. The molecule has 0 N–H and O–H groups in total. The molecule has 0 radical (unpaired) electrons. The summed E-state index contributed by atoms with van der Waals surface area (Å²) in [7, 11) is 0. The first-order valence-electron chi connectivity index (χ1n) is 10.5. The molecule has 4 nitrogen and oxygen atoms in total. The second kappa shape index (κ2) is 9.10. The van der Waals surface area contributed by atoms with E-state index in [4.69, 9.17) is 4.42 Å². The number of anilines is 1. The zero-order chi connectivity index (χ0) is 20.1. The van der Waals surface area contributed by atoms with E-state index in [0.717, 1.165) is 50.1 Å². The van der Waals surface area contributed by atoms with E-state index in [2.05, 4.69) is 53.1 Å². The Bertz CT molecular complexity index is 1020. The lowest BCUT2D eigenvalue weighted by atomic mass is 10.0. The van der Waals surface area contributed by atoms with Crippen LogP contribution in [0.5, 0.6) is 0 Å².